The topological polar surface area (TPSA) is 53.7 Å². The number of alkyl halides is 4. The second kappa shape index (κ2) is 10.1. The van der Waals surface area contributed by atoms with Crippen molar-refractivity contribution in [1.29, 1.82) is 0 Å². The highest BCUT2D eigenvalue weighted by Crippen LogP contribution is 2.37. The molecule has 1 aromatic carbocycles. The summed E-state index contributed by atoms with van der Waals surface area (Å²) in [5.41, 5.74) is 5.28. The molecule has 0 radical (unpaired) electrons. The van der Waals surface area contributed by atoms with Crippen LogP contribution in [-0.2, 0) is 22.1 Å². The Morgan fingerprint density at radius 2 is 1.72 bits per heavy atom. The summed E-state index contributed by atoms with van der Waals surface area (Å²) in [5, 5.41) is 0. The molecular weight excluding hydrogens is 390 g/mol. The summed E-state index contributed by atoms with van der Waals surface area (Å²) in [6.07, 6.45) is -1.21. The van der Waals surface area contributed by atoms with Gasteiger partial charge in [-0.3, -0.25) is 4.39 Å². The van der Waals surface area contributed by atoms with Gasteiger partial charge in [0.1, 0.15) is 5.75 Å². The second-order valence-electron chi connectivity index (χ2n) is 8.12. The van der Waals surface area contributed by atoms with Crippen molar-refractivity contribution in [2.24, 2.45) is 5.73 Å². The molecule has 2 N–H and O–H groups in total. The predicted octanol–water partition coefficient (Wildman–Crippen LogP) is 5.03. The van der Waals surface area contributed by atoms with Crippen LogP contribution in [0.3, 0.4) is 0 Å². The number of rotatable bonds is 10. The van der Waals surface area contributed by atoms with Crippen molar-refractivity contribution in [2.45, 2.75) is 69.9 Å². The Bertz CT molecular complexity index is 639. The van der Waals surface area contributed by atoms with Crippen molar-refractivity contribution >= 4 is 0 Å². The summed E-state index contributed by atoms with van der Waals surface area (Å²) >= 11 is 0. The lowest BCUT2D eigenvalue weighted by Crippen LogP contribution is -2.57. The third-order valence-corrected chi connectivity index (χ3v) is 4.96. The number of ether oxygens (including phenoxy) is 3. The van der Waals surface area contributed by atoms with Crippen molar-refractivity contribution in [3.8, 4) is 5.75 Å². The van der Waals surface area contributed by atoms with Gasteiger partial charge in [-0.05, 0) is 63.6 Å². The van der Waals surface area contributed by atoms with Crippen molar-refractivity contribution in [2.75, 3.05) is 26.5 Å². The van der Waals surface area contributed by atoms with E-state index in [1.807, 2.05) is 0 Å². The number of benzene rings is 1. The SMILES string of the molecule is CC1(C)OCC(N)(CCc2ccc(OCCCCCCF)c(C(F)(F)F)c2)CO1. The zero-order valence-corrected chi connectivity index (χ0v) is 17.1. The molecule has 1 aromatic rings. The largest absolute Gasteiger partial charge is 0.493 e. The van der Waals surface area contributed by atoms with Gasteiger partial charge in [0.2, 0.25) is 0 Å². The standard InChI is InChI=1S/C21H31F4NO3/c1-19(2)28-14-20(26,15-29-19)10-9-16-7-8-18(17(13-16)21(23,24)25)27-12-6-4-3-5-11-22/h7-8,13H,3-6,9-12,14-15,26H2,1-2H3. The van der Waals surface area contributed by atoms with Crippen molar-refractivity contribution in [3.05, 3.63) is 29.3 Å². The van der Waals surface area contributed by atoms with Crippen LogP contribution >= 0.6 is 0 Å². The van der Waals surface area contributed by atoms with Gasteiger partial charge < -0.3 is 19.9 Å². The quantitative estimate of drug-likeness (QED) is 0.425. The van der Waals surface area contributed by atoms with E-state index in [1.165, 1.54) is 6.07 Å². The van der Waals surface area contributed by atoms with E-state index >= 15 is 0 Å². The minimum atomic E-state index is -4.51. The molecule has 0 bridgehead atoms. The van der Waals surface area contributed by atoms with Gasteiger partial charge in [0, 0.05) is 0 Å². The van der Waals surface area contributed by atoms with Crippen molar-refractivity contribution < 1.29 is 31.8 Å². The van der Waals surface area contributed by atoms with Gasteiger partial charge in [-0.15, -0.1) is 0 Å². The monoisotopic (exact) mass is 421 g/mol. The Morgan fingerprint density at radius 1 is 1.07 bits per heavy atom. The zero-order valence-electron chi connectivity index (χ0n) is 17.1. The number of hydrogen-bond donors (Lipinski definition) is 1. The average Bonchev–Trinajstić information content (AvgIpc) is 2.65. The first-order valence-corrected chi connectivity index (χ1v) is 10.0. The second-order valence-corrected chi connectivity index (χ2v) is 8.12. The third-order valence-electron chi connectivity index (χ3n) is 4.96. The molecule has 0 unspecified atom stereocenters. The molecule has 0 aromatic heterocycles. The van der Waals surface area contributed by atoms with Gasteiger partial charge >= 0.3 is 6.18 Å². The summed E-state index contributed by atoms with van der Waals surface area (Å²) in [4.78, 5) is 0. The molecule has 0 atom stereocenters. The molecule has 0 spiro atoms. The van der Waals surface area contributed by atoms with E-state index in [4.69, 9.17) is 19.9 Å². The molecule has 0 aliphatic carbocycles. The Balaban J connectivity index is 1.96. The Hall–Kier alpha value is -1.38. The van der Waals surface area contributed by atoms with Gasteiger partial charge in [0.05, 0.1) is 37.6 Å². The lowest BCUT2D eigenvalue weighted by atomic mass is 9.92. The van der Waals surface area contributed by atoms with Crippen LogP contribution in [0.2, 0.25) is 0 Å². The molecule has 8 heteroatoms. The number of hydrogen-bond acceptors (Lipinski definition) is 4. The fourth-order valence-corrected chi connectivity index (χ4v) is 3.07. The van der Waals surface area contributed by atoms with Crippen LogP contribution in [0.25, 0.3) is 0 Å². The first-order chi connectivity index (χ1) is 13.5. The maximum atomic E-state index is 13.5. The van der Waals surface area contributed by atoms with Gasteiger partial charge in [-0.1, -0.05) is 12.5 Å². The van der Waals surface area contributed by atoms with Crippen LogP contribution in [0.4, 0.5) is 17.6 Å². The van der Waals surface area contributed by atoms with Crippen LogP contribution in [0.15, 0.2) is 18.2 Å². The van der Waals surface area contributed by atoms with Gasteiger partial charge in [-0.25, -0.2) is 0 Å². The van der Waals surface area contributed by atoms with E-state index in [2.05, 4.69) is 0 Å². The van der Waals surface area contributed by atoms with Crippen LogP contribution < -0.4 is 10.5 Å². The number of halogens is 4. The Kier molecular flexibility index (Phi) is 8.31. The number of unbranched alkanes of at least 4 members (excludes halogenated alkanes) is 3. The Labute approximate surface area is 169 Å². The van der Waals surface area contributed by atoms with E-state index in [9.17, 15) is 17.6 Å². The van der Waals surface area contributed by atoms with E-state index in [1.54, 1.807) is 19.9 Å². The third kappa shape index (κ3) is 7.75. The maximum absolute atomic E-state index is 13.5. The first kappa shape index (κ1) is 23.9. The fraction of sp³-hybridized carbons (Fsp3) is 0.714. The van der Waals surface area contributed by atoms with E-state index in [-0.39, 0.29) is 32.2 Å². The van der Waals surface area contributed by atoms with Crippen LogP contribution in [-0.4, -0.2) is 37.8 Å². The van der Waals surface area contributed by atoms with Gasteiger partial charge in [0.15, 0.2) is 5.79 Å². The Morgan fingerprint density at radius 3 is 2.34 bits per heavy atom. The number of aryl methyl sites for hydroxylation is 1. The van der Waals surface area contributed by atoms with Crippen LogP contribution in [0, 0.1) is 0 Å². The molecule has 0 amide bonds. The van der Waals surface area contributed by atoms with Gasteiger partial charge in [0.25, 0.3) is 0 Å². The lowest BCUT2D eigenvalue weighted by molar-refractivity contribution is -0.267. The molecule has 166 valence electrons. The molecule has 1 fully saturated rings. The predicted molar refractivity (Wildman–Crippen MR) is 103 cm³/mol. The van der Waals surface area contributed by atoms with E-state index in [0.29, 0.717) is 37.7 Å². The fourth-order valence-electron chi connectivity index (χ4n) is 3.07. The summed E-state index contributed by atoms with van der Waals surface area (Å²) < 4.78 is 69.0. The molecule has 2 rings (SSSR count). The highest BCUT2D eigenvalue weighted by molar-refractivity contribution is 5.39. The summed E-state index contributed by atoms with van der Waals surface area (Å²) in [6.45, 7) is 3.96. The highest BCUT2D eigenvalue weighted by atomic mass is 19.4. The number of nitrogens with two attached hydrogens (primary N) is 1. The smallest absolute Gasteiger partial charge is 0.419 e. The molecule has 4 nitrogen and oxygen atoms in total. The van der Waals surface area contributed by atoms with Gasteiger partial charge in [-0.2, -0.15) is 13.2 Å². The molecule has 0 saturated carbocycles. The summed E-state index contributed by atoms with van der Waals surface area (Å²) in [5.74, 6) is -0.878. The molecule has 1 aliphatic rings. The van der Waals surface area contributed by atoms with E-state index in [0.717, 1.165) is 12.5 Å². The molecule has 1 saturated heterocycles. The highest BCUT2D eigenvalue weighted by Gasteiger charge is 2.37. The first-order valence-electron chi connectivity index (χ1n) is 10.0. The molecule has 29 heavy (non-hydrogen) atoms. The van der Waals surface area contributed by atoms with Crippen LogP contribution in [0.5, 0.6) is 5.75 Å². The average molecular weight is 421 g/mol. The van der Waals surface area contributed by atoms with Crippen molar-refractivity contribution in [3.63, 3.8) is 0 Å². The maximum Gasteiger partial charge on any atom is 0.419 e. The normalized spacial score (nSPS) is 18.6. The molecular formula is C21H31F4NO3. The summed E-state index contributed by atoms with van der Waals surface area (Å²) in [7, 11) is 0. The minimum Gasteiger partial charge on any atom is -0.493 e. The molecule has 1 aliphatic heterocycles. The minimum absolute atomic E-state index is 0.172. The molecule has 1 heterocycles. The van der Waals surface area contributed by atoms with Crippen LogP contribution in [0.1, 0.15) is 57.1 Å². The summed E-state index contributed by atoms with van der Waals surface area (Å²) in [6, 6.07) is 4.11. The van der Waals surface area contributed by atoms with E-state index < -0.39 is 23.1 Å². The van der Waals surface area contributed by atoms with Crippen molar-refractivity contribution in [1.82, 2.24) is 0 Å². The lowest BCUT2D eigenvalue weighted by Gasteiger charge is -2.41. The zero-order chi connectivity index (χ0) is 21.5.